The average molecular weight is 417 g/mol. The molecule has 0 aromatic heterocycles. The van der Waals surface area contributed by atoms with Crippen molar-refractivity contribution in [1.29, 1.82) is 0 Å². The van der Waals surface area contributed by atoms with Gasteiger partial charge in [-0.1, -0.05) is 37.1 Å². The number of amides is 2. The number of hydrogen-bond acceptors (Lipinski definition) is 3. The number of ether oxygens (including phenoxy) is 1. The van der Waals surface area contributed by atoms with E-state index in [1.165, 1.54) is 0 Å². The van der Waals surface area contributed by atoms with Crippen LogP contribution in [0.4, 0.5) is 5.69 Å². The minimum atomic E-state index is -0.318. The summed E-state index contributed by atoms with van der Waals surface area (Å²) in [4.78, 5) is 24.8. The molecule has 6 heteroatoms. The highest BCUT2D eigenvalue weighted by Gasteiger charge is 2.20. The monoisotopic (exact) mass is 416 g/mol. The number of hydrogen-bond donors (Lipinski definition) is 2. The molecule has 136 valence electrons. The Kier molecular flexibility index (Phi) is 6.28. The Balaban J connectivity index is 1.61. The van der Waals surface area contributed by atoms with Gasteiger partial charge in [-0.2, -0.15) is 0 Å². The lowest BCUT2D eigenvalue weighted by molar-refractivity contribution is -0.118. The minimum absolute atomic E-state index is 0.138. The second kappa shape index (κ2) is 8.85. The zero-order valence-corrected chi connectivity index (χ0v) is 15.9. The van der Waals surface area contributed by atoms with Gasteiger partial charge >= 0.3 is 0 Å². The number of nitrogens with one attached hydrogen (secondary N) is 2. The van der Waals surface area contributed by atoms with E-state index < -0.39 is 0 Å². The summed E-state index contributed by atoms with van der Waals surface area (Å²) in [5, 5.41) is 5.81. The van der Waals surface area contributed by atoms with Crippen molar-refractivity contribution in [2.45, 2.75) is 31.7 Å². The molecule has 26 heavy (non-hydrogen) atoms. The highest BCUT2D eigenvalue weighted by molar-refractivity contribution is 9.10. The number of anilines is 1. The molecule has 1 fully saturated rings. The molecule has 0 unspecified atom stereocenters. The highest BCUT2D eigenvalue weighted by Crippen LogP contribution is 2.24. The van der Waals surface area contributed by atoms with E-state index in [-0.39, 0.29) is 24.5 Å². The Bertz CT molecular complexity index is 788. The molecule has 2 aromatic rings. The summed E-state index contributed by atoms with van der Waals surface area (Å²) in [5.74, 6) is 0.122. The Morgan fingerprint density at radius 3 is 2.50 bits per heavy atom. The van der Waals surface area contributed by atoms with Gasteiger partial charge in [0.2, 0.25) is 0 Å². The van der Waals surface area contributed by atoms with Crippen LogP contribution in [0.25, 0.3) is 0 Å². The van der Waals surface area contributed by atoms with Crippen molar-refractivity contribution in [2.75, 3.05) is 11.9 Å². The van der Waals surface area contributed by atoms with Gasteiger partial charge in [0.25, 0.3) is 11.8 Å². The van der Waals surface area contributed by atoms with Gasteiger partial charge in [-0.3, -0.25) is 9.59 Å². The van der Waals surface area contributed by atoms with Crippen LogP contribution < -0.4 is 15.4 Å². The third-order valence-corrected chi connectivity index (χ3v) is 4.99. The fourth-order valence-corrected chi connectivity index (χ4v) is 3.41. The molecule has 5 nitrogen and oxygen atoms in total. The lowest BCUT2D eigenvalue weighted by atomic mass is 10.1. The van der Waals surface area contributed by atoms with E-state index in [2.05, 4.69) is 26.6 Å². The van der Waals surface area contributed by atoms with Crippen LogP contribution in [0.3, 0.4) is 0 Å². The van der Waals surface area contributed by atoms with Gasteiger partial charge in [-0.15, -0.1) is 0 Å². The van der Waals surface area contributed by atoms with Gasteiger partial charge in [-0.25, -0.2) is 0 Å². The molecule has 0 radical (unpaired) electrons. The van der Waals surface area contributed by atoms with Gasteiger partial charge in [0.05, 0.1) is 15.7 Å². The molecule has 2 aromatic carbocycles. The van der Waals surface area contributed by atoms with Gasteiger partial charge < -0.3 is 15.4 Å². The Morgan fingerprint density at radius 1 is 1.04 bits per heavy atom. The molecule has 1 aliphatic rings. The highest BCUT2D eigenvalue weighted by atomic mass is 79.9. The first-order chi connectivity index (χ1) is 12.6. The third kappa shape index (κ3) is 4.85. The molecule has 1 saturated carbocycles. The van der Waals surface area contributed by atoms with Crippen LogP contribution in [0.1, 0.15) is 36.0 Å². The van der Waals surface area contributed by atoms with Crippen LogP contribution in [-0.4, -0.2) is 24.5 Å². The second-order valence-corrected chi connectivity index (χ2v) is 7.12. The molecule has 0 spiro atoms. The third-order valence-electron chi connectivity index (χ3n) is 4.33. The summed E-state index contributed by atoms with van der Waals surface area (Å²) in [6.45, 7) is -0.138. The molecule has 0 aliphatic heterocycles. The van der Waals surface area contributed by atoms with Gasteiger partial charge in [-0.05, 0) is 53.0 Å². The van der Waals surface area contributed by atoms with Crippen molar-refractivity contribution in [2.24, 2.45) is 0 Å². The van der Waals surface area contributed by atoms with E-state index in [1.807, 2.05) is 18.2 Å². The topological polar surface area (TPSA) is 67.4 Å². The van der Waals surface area contributed by atoms with Crippen molar-refractivity contribution >= 4 is 33.4 Å². The number of benzene rings is 2. The van der Waals surface area contributed by atoms with Crippen molar-refractivity contribution in [3.8, 4) is 5.75 Å². The molecule has 3 rings (SSSR count). The molecule has 0 heterocycles. The normalized spacial score (nSPS) is 14.0. The summed E-state index contributed by atoms with van der Waals surface area (Å²) in [6, 6.07) is 14.6. The van der Waals surface area contributed by atoms with Gasteiger partial charge in [0.1, 0.15) is 5.75 Å². The maximum atomic E-state index is 12.5. The predicted molar refractivity (Wildman–Crippen MR) is 104 cm³/mol. The van der Waals surface area contributed by atoms with Crippen LogP contribution in [-0.2, 0) is 4.79 Å². The van der Waals surface area contributed by atoms with Crippen LogP contribution >= 0.6 is 15.9 Å². The van der Waals surface area contributed by atoms with E-state index in [9.17, 15) is 9.59 Å². The lowest BCUT2D eigenvalue weighted by Crippen LogP contribution is -2.33. The standard InChI is InChI=1S/C20H21BrN2O3/c21-16-10-4-6-12-18(16)26-13-19(24)23-17-11-5-3-9-15(17)20(25)22-14-7-1-2-8-14/h3-6,9-12,14H,1-2,7-8,13H2,(H,22,25)(H,23,24). The predicted octanol–water partition coefficient (Wildman–Crippen LogP) is 4.14. The summed E-state index contributed by atoms with van der Waals surface area (Å²) in [6.07, 6.45) is 4.32. The number of halogens is 1. The van der Waals surface area contributed by atoms with Crippen LogP contribution in [0.5, 0.6) is 5.75 Å². The number of rotatable bonds is 6. The maximum absolute atomic E-state index is 12.5. The zero-order chi connectivity index (χ0) is 18.4. The quantitative estimate of drug-likeness (QED) is 0.743. The number of carbonyl (C=O) groups is 2. The molecule has 0 bridgehead atoms. The lowest BCUT2D eigenvalue weighted by Gasteiger charge is -2.15. The molecule has 1 aliphatic carbocycles. The molecule has 2 N–H and O–H groups in total. The van der Waals surface area contributed by atoms with Crippen molar-refractivity contribution in [3.05, 3.63) is 58.6 Å². The SMILES string of the molecule is O=C(COc1ccccc1Br)Nc1ccccc1C(=O)NC1CCCC1. The first kappa shape index (κ1) is 18.5. The Morgan fingerprint density at radius 2 is 1.73 bits per heavy atom. The molecular weight excluding hydrogens is 396 g/mol. The van der Waals surface area contributed by atoms with E-state index in [0.717, 1.165) is 30.2 Å². The van der Waals surface area contributed by atoms with Crippen molar-refractivity contribution in [1.82, 2.24) is 5.32 Å². The first-order valence-corrected chi connectivity index (χ1v) is 9.50. The second-order valence-electron chi connectivity index (χ2n) is 6.27. The average Bonchev–Trinajstić information content (AvgIpc) is 3.14. The summed E-state index contributed by atoms with van der Waals surface area (Å²) in [7, 11) is 0. The summed E-state index contributed by atoms with van der Waals surface area (Å²) < 4.78 is 6.30. The maximum Gasteiger partial charge on any atom is 0.262 e. The zero-order valence-electron chi connectivity index (χ0n) is 14.3. The minimum Gasteiger partial charge on any atom is -0.483 e. The van der Waals surface area contributed by atoms with E-state index in [4.69, 9.17) is 4.74 Å². The van der Waals surface area contributed by atoms with Crippen molar-refractivity contribution < 1.29 is 14.3 Å². The Labute approximate surface area is 161 Å². The molecule has 0 saturated heterocycles. The number of para-hydroxylation sites is 2. The summed E-state index contributed by atoms with van der Waals surface area (Å²) >= 11 is 3.38. The smallest absolute Gasteiger partial charge is 0.262 e. The van der Waals surface area contributed by atoms with Gasteiger partial charge in [0.15, 0.2) is 6.61 Å². The van der Waals surface area contributed by atoms with Gasteiger partial charge in [0, 0.05) is 6.04 Å². The number of carbonyl (C=O) groups excluding carboxylic acids is 2. The summed E-state index contributed by atoms with van der Waals surface area (Å²) in [5.41, 5.74) is 0.956. The Hall–Kier alpha value is -2.34. The fourth-order valence-electron chi connectivity index (χ4n) is 3.01. The van der Waals surface area contributed by atoms with E-state index in [1.54, 1.807) is 30.3 Å². The molecule has 2 amide bonds. The molecular formula is C20H21BrN2O3. The fraction of sp³-hybridized carbons (Fsp3) is 0.300. The largest absolute Gasteiger partial charge is 0.483 e. The molecule has 0 atom stereocenters. The van der Waals surface area contributed by atoms with Crippen molar-refractivity contribution in [3.63, 3.8) is 0 Å². The van der Waals surface area contributed by atoms with E-state index in [0.29, 0.717) is 17.0 Å². The first-order valence-electron chi connectivity index (χ1n) is 8.70. The van der Waals surface area contributed by atoms with Crippen LogP contribution in [0, 0.1) is 0 Å². The van der Waals surface area contributed by atoms with E-state index >= 15 is 0 Å². The van der Waals surface area contributed by atoms with Crippen LogP contribution in [0.2, 0.25) is 0 Å². The van der Waals surface area contributed by atoms with Crippen LogP contribution in [0.15, 0.2) is 53.0 Å².